The van der Waals surface area contributed by atoms with Crippen molar-refractivity contribution < 1.29 is 9.15 Å². The Labute approximate surface area is 144 Å². The first kappa shape index (κ1) is 15.4. The predicted octanol–water partition coefficient (Wildman–Crippen LogP) is 3.67. The number of nitrogens with one attached hydrogen (secondary N) is 1. The Balaban J connectivity index is 1.73. The van der Waals surface area contributed by atoms with E-state index >= 15 is 0 Å². The Bertz CT molecular complexity index is 1070. The molecule has 0 amide bonds. The van der Waals surface area contributed by atoms with Crippen LogP contribution in [0.1, 0.15) is 30.0 Å². The van der Waals surface area contributed by atoms with Gasteiger partial charge in [0.05, 0.1) is 13.2 Å². The van der Waals surface area contributed by atoms with Crippen molar-refractivity contribution in [2.45, 2.75) is 26.8 Å². The van der Waals surface area contributed by atoms with Gasteiger partial charge in [0, 0.05) is 22.7 Å². The lowest BCUT2D eigenvalue weighted by atomic mass is 10.1. The van der Waals surface area contributed by atoms with E-state index in [1.165, 1.54) is 6.33 Å². The van der Waals surface area contributed by atoms with Crippen LogP contribution < -0.4 is 10.1 Å². The summed E-state index contributed by atoms with van der Waals surface area (Å²) in [5.74, 6) is 3.09. The average Bonchev–Trinajstić information content (AvgIpc) is 3.19. The molecule has 4 aromatic rings. The number of methoxy groups -OCH3 is 1. The highest BCUT2D eigenvalue weighted by atomic mass is 16.5. The molecule has 3 heterocycles. The summed E-state index contributed by atoms with van der Waals surface area (Å²) in [7, 11) is 1.66. The lowest BCUT2D eigenvalue weighted by molar-refractivity contribution is 0.415. The van der Waals surface area contributed by atoms with Crippen molar-refractivity contribution in [2.75, 3.05) is 12.4 Å². The van der Waals surface area contributed by atoms with Crippen LogP contribution >= 0.6 is 0 Å². The first-order chi connectivity index (χ1) is 12.1. The van der Waals surface area contributed by atoms with Crippen molar-refractivity contribution >= 4 is 22.6 Å². The van der Waals surface area contributed by atoms with E-state index in [1.807, 2.05) is 31.2 Å². The number of hydrogen-bond donors (Lipinski definition) is 1. The van der Waals surface area contributed by atoms with E-state index in [0.29, 0.717) is 5.78 Å². The minimum atomic E-state index is -0.0485. The molecule has 3 aromatic heterocycles. The minimum Gasteiger partial charge on any atom is -0.497 e. The fourth-order valence-electron chi connectivity index (χ4n) is 3.08. The lowest BCUT2D eigenvalue weighted by Crippen LogP contribution is -2.11. The molecule has 25 heavy (non-hydrogen) atoms. The van der Waals surface area contributed by atoms with Crippen molar-refractivity contribution in [2.24, 2.45) is 0 Å². The monoisotopic (exact) mass is 337 g/mol. The average molecular weight is 337 g/mol. The van der Waals surface area contributed by atoms with Crippen LogP contribution in [0, 0.1) is 13.8 Å². The van der Waals surface area contributed by atoms with Crippen molar-refractivity contribution in [3.8, 4) is 5.75 Å². The third-order valence-electron chi connectivity index (χ3n) is 4.32. The number of anilines is 1. The van der Waals surface area contributed by atoms with E-state index in [1.54, 1.807) is 11.6 Å². The summed E-state index contributed by atoms with van der Waals surface area (Å²) in [6.45, 7) is 6.05. The van der Waals surface area contributed by atoms with Crippen LogP contribution in [-0.4, -0.2) is 26.7 Å². The summed E-state index contributed by atoms with van der Waals surface area (Å²) >= 11 is 0. The predicted molar refractivity (Wildman–Crippen MR) is 95.1 cm³/mol. The van der Waals surface area contributed by atoms with Crippen LogP contribution in [0.15, 0.2) is 35.0 Å². The van der Waals surface area contributed by atoms with Gasteiger partial charge in [0.2, 0.25) is 0 Å². The van der Waals surface area contributed by atoms with E-state index < -0.39 is 0 Å². The number of nitrogens with zero attached hydrogens (tertiary/aromatic N) is 4. The van der Waals surface area contributed by atoms with E-state index in [0.717, 1.165) is 39.6 Å². The number of hydrogen-bond acceptors (Lipinski definition) is 6. The summed E-state index contributed by atoms with van der Waals surface area (Å²) in [5.41, 5.74) is 2.81. The minimum absolute atomic E-state index is 0.0485. The molecule has 0 radical (unpaired) electrons. The molecule has 1 N–H and O–H groups in total. The van der Waals surface area contributed by atoms with Gasteiger partial charge >= 0.3 is 0 Å². The molecule has 128 valence electrons. The van der Waals surface area contributed by atoms with Gasteiger partial charge in [-0.15, -0.1) is 0 Å². The highest BCUT2D eigenvalue weighted by Gasteiger charge is 2.18. The van der Waals surface area contributed by atoms with Crippen LogP contribution in [0.5, 0.6) is 5.75 Å². The van der Waals surface area contributed by atoms with Gasteiger partial charge in [-0.25, -0.2) is 4.98 Å². The summed E-state index contributed by atoms with van der Waals surface area (Å²) in [6.07, 6.45) is 1.50. The first-order valence-electron chi connectivity index (χ1n) is 8.08. The molecule has 1 atom stereocenters. The fraction of sp³-hybridized carbons (Fsp3) is 0.278. The van der Waals surface area contributed by atoms with Gasteiger partial charge in [-0.05, 0) is 39.0 Å². The Morgan fingerprint density at radius 1 is 1.24 bits per heavy atom. The number of ether oxygens (including phenoxy) is 1. The topological polar surface area (TPSA) is 77.5 Å². The molecule has 7 nitrogen and oxygen atoms in total. The van der Waals surface area contributed by atoms with Gasteiger partial charge < -0.3 is 14.5 Å². The van der Waals surface area contributed by atoms with Gasteiger partial charge in [0.1, 0.15) is 29.2 Å². The molecule has 0 aliphatic carbocycles. The van der Waals surface area contributed by atoms with Gasteiger partial charge in [-0.1, -0.05) is 0 Å². The Morgan fingerprint density at radius 2 is 2.08 bits per heavy atom. The molecule has 0 fully saturated rings. The number of aromatic nitrogens is 4. The molecule has 0 saturated heterocycles. The zero-order valence-electron chi connectivity index (χ0n) is 14.6. The number of rotatable bonds is 4. The third kappa shape index (κ3) is 2.57. The van der Waals surface area contributed by atoms with Gasteiger partial charge in [0.25, 0.3) is 5.78 Å². The molecule has 7 heteroatoms. The zero-order chi connectivity index (χ0) is 17.6. The van der Waals surface area contributed by atoms with E-state index in [9.17, 15) is 0 Å². The Morgan fingerprint density at radius 3 is 2.88 bits per heavy atom. The quantitative estimate of drug-likeness (QED) is 0.612. The van der Waals surface area contributed by atoms with E-state index in [2.05, 4.69) is 34.2 Å². The van der Waals surface area contributed by atoms with Crippen molar-refractivity contribution in [1.82, 2.24) is 19.6 Å². The fourth-order valence-corrected chi connectivity index (χ4v) is 3.08. The third-order valence-corrected chi connectivity index (χ3v) is 4.32. The lowest BCUT2D eigenvalue weighted by Gasteiger charge is -2.15. The summed E-state index contributed by atoms with van der Waals surface area (Å²) in [5, 5.41) is 8.74. The summed E-state index contributed by atoms with van der Waals surface area (Å²) in [6, 6.07) is 7.73. The van der Waals surface area contributed by atoms with Crippen molar-refractivity contribution in [1.29, 1.82) is 0 Å². The highest BCUT2D eigenvalue weighted by Crippen LogP contribution is 2.33. The van der Waals surface area contributed by atoms with Crippen molar-refractivity contribution in [3.63, 3.8) is 0 Å². The molecule has 0 aliphatic rings. The molecule has 0 bridgehead atoms. The Kier molecular flexibility index (Phi) is 3.56. The van der Waals surface area contributed by atoms with Crippen LogP contribution in [-0.2, 0) is 0 Å². The molecule has 1 aromatic carbocycles. The maximum absolute atomic E-state index is 6.08. The van der Waals surface area contributed by atoms with Crippen LogP contribution in [0.3, 0.4) is 0 Å². The molecular weight excluding hydrogens is 318 g/mol. The second-order valence-corrected chi connectivity index (χ2v) is 6.07. The standard InChI is InChI=1S/C18H19N5O2/c1-10-7-16(23-18(21-10)19-9-20-23)22-12(3)17-11(2)14-8-13(24-4)5-6-15(14)25-17/h5-9,12,22H,1-4H3. The molecular formula is C18H19N5O2. The second-order valence-electron chi connectivity index (χ2n) is 6.07. The van der Waals surface area contributed by atoms with Crippen LogP contribution in [0.2, 0.25) is 0 Å². The first-order valence-corrected chi connectivity index (χ1v) is 8.08. The molecule has 0 saturated carbocycles. The van der Waals surface area contributed by atoms with E-state index in [-0.39, 0.29) is 6.04 Å². The van der Waals surface area contributed by atoms with Crippen molar-refractivity contribution in [3.05, 3.63) is 47.6 Å². The second kappa shape index (κ2) is 5.77. The van der Waals surface area contributed by atoms with Gasteiger partial charge in [-0.2, -0.15) is 14.6 Å². The number of benzene rings is 1. The molecule has 0 aliphatic heterocycles. The molecule has 4 rings (SSSR count). The van der Waals surface area contributed by atoms with Gasteiger partial charge in [-0.3, -0.25) is 0 Å². The summed E-state index contributed by atoms with van der Waals surface area (Å²) in [4.78, 5) is 8.51. The van der Waals surface area contributed by atoms with Crippen LogP contribution in [0.25, 0.3) is 16.7 Å². The smallest absolute Gasteiger partial charge is 0.254 e. The zero-order valence-corrected chi connectivity index (χ0v) is 14.6. The highest BCUT2D eigenvalue weighted by molar-refractivity contribution is 5.83. The molecule has 0 spiro atoms. The van der Waals surface area contributed by atoms with Gasteiger partial charge in [0.15, 0.2) is 0 Å². The number of aryl methyl sites for hydroxylation is 2. The number of fused-ring (bicyclic) bond motifs is 2. The Hall–Kier alpha value is -3.09. The SMILES string of the molecule is COc1ccc2oc(C(C)Nc3cc(C)nc4ncnn34)c(C)c2c1. The van der Waals surface area contributed by atoms with Crippen LogP contribution in [0.4, 0.5) is 5.82 Å². The number of furan rings is 1. The normalized spacial score (nSPS) is 12.6. The largest absolute Gasteiger partial charge is 0.497 e. The molecule has 1 unspecified atom stereocenters. The summed E-state index contributed by atoms with van der Waals surface area (Å²) < 4.78 is 13.1. The maximum atomic E-state index is 6.08. The van der Waals surface area contributed by atoms with E-state index in [4.69, 9.17) is 9.15 Å². The maximum Gasteiger partial charge on any atom is 0.254 e.